The van der Waals surface area contributed by atoms with Crippen LogP contribution in [-0.4, -0.2) is 40.1 Å². The SMILES string of the molecule is COC(=O)CSCCC(=O)Nc1cc2ccc(Br)cn2n1. The van der Waals surface area contributed by atoms with Crippen molar-refractivity contribution in [3.63, 3.8) is 0 Å². The summed E-state index contributed by atoms with van der Waals surface area (Å²) in [6.45, 7) is 0. The van der Waals surface area contributed by atoms with Gasteiger partial charge in [-0.2, -0.15) is 0 Å². The quantitative estimate of drug-likeness (QED) is 0.623. The van der Waals surface area contributed by atoms with Crippen molar-refractivity contribution in [2.45, 2.75) is 6.42 Å². The van der Waals surface area contributed by atoms with Crippen molar-refractivity contribution >= 4 is 50.9 Å². The van der Waals surface area contributed by atoms with Crippen LogP contribution in [-0.2, 0) is 14.3 Å². The van der Waals surface area contributed by atoms with Crippen molar-refractivity contribution in [3.05, 3.63) is 28.9 Å². The van der Waals surface area contributed by atoms with Crippen molar-refractivity contribution in [2.75, 3.05) is 23.9 Å². The van der Waals surface area contributed by atoms with Gasteiger partial charge >= 0.3 is 5.97 Å². The summed E-state index contributed by atoms with van der Waals surface area (Å²) in [6, 6.07) is 5.61. The molecular weight excluding hydrogens is 358 g/mol. The molecule has 1 N–H and O–H groups in total. The number of hydrogen-bond donors (Lipinski definition) is 1. The molecule has 0 fully saturated rings. The first-order chi connectivity index (χ1) is 10.1. The molecule has 0 aromatic carbocycles. The zero-order valence-corrected chi connectivity index (χ0v) is 13.7. The van der Waals surface area contributed by atoms with Crippen molar-refractivity contribution in [1.82, 2.24) is 9.61 Å². The van der Waals surface area contributed by atoms with Crippen LogP contribution in [0.1, 0.15) is 6.42 Å². The van der Waals surface area contributed by atoms with Gasteiger partial charge in [-0.05, 0) is 28.1 Å². The Bertz CT molecular complexity index is 659. The van der Waals surface area contributed by atoms with Gasteiger partial charge in [0.25, 0.3) is 0 Å². The van der Waals surface area contributed by atoms with E-state index in [1.54, 1.807) is 10.6 Å². The normalized spacial score (nSPS) is 10.6. The highest BCUT2D eigenvalue weighted by Crippen LogP contribution is 2.15. The smallest absolute Gasteiger partial charge is 0.315 e. The van der Waals surface area contributed by atoms with E-state index >= 15 is 0 Å². The van der Waals surface area contributed by atoms with Gasteiger partial charge in [0.15, 0.2) is 5.82 Å². The second-order valence-corrected chi connectivity index (χ2v) is 6.19. The van der Waals surface area contributed by atoms with Gasteiger partial charge in [-0.15, -0.1) is 16.9 Å². The average molecular weight is 372 g/mol. The number of anilines is 1. The minimum absolute atomic E-state index is 0.130. The molecule has 0 aliphatic heterocycles. The number of esters is 1. The number of ether oxygens (including phenoxy) is 1. The number of hydrogen-bond acceptors (Lipinski definition) is 5. The van der Waals surface area contributed by atoms with Crippen LogP contribution in [0.25, 0.3) is 5.52 Å². The van der Waals surface area contributed by atoms with E-state index in [-0.39, 0.29) is 17.6 Å². The van der Waals surface area contributed by atoms with Gasteiger partial charge in [0.1, 0.15) is 0 Å². The molecule has 0 unspecified atom stereocenters. The molecule has 2 rings (SSSR count). The highest BCUT2D eigenvalue weighted by Gasteiger charge is 2.07. The number of nitrogens with one attached hydrogen (secondary N) is 1. The monoisotopic (exact) mass is 371 g/mol. The standard InChI is InChI=1S/C13H14BrN3O3S/c1-20-13(19)8-21-5-4-12(18)15-11-6-10-3-2-9(14)7-17(10)16-11/h2-3,6-7H,4-5,8H2,1H3,(H,15,16,18). The molecule has 0 saturated carbocycles. The summed E-state index contributed by atoms with van der Waals surface area (Å²) in [6.07, 6.45) is 2.14. The molecule has 1 amide bonds. The highest BCUT2D eigenvalue weighted by atomic mass is 79.9. The Hall–Kier alpha value is -1.54. The maximum atomic E-state index is 11.8. The summed E-state index contributed by atoms with van der Waals surface area (Å²) >= 11 is 4.73. The molecule has 112 valence electrons. The molecule has 0 aliphatic carbocycles. The minimum atomic E-state index is -0.286. The first-order valence-electron chi connectivity index (χ1n) is 6.18. The third-order valence-electron chi connectivity index (χ3n) is 2.61. The number of aromatic nitrogens is 2. The molecule has 0 spiro atoms. The third kappa shape index (κ3) is 4.75. The van der Waals surface area contributed by atoms with Gasteiger partial charge in [0.2, 0.25) is 5.91 Å². The lowest BCUT2D eigenvalue weighted by Crippen LogP contribution is -2.13. The molecule has 0 bridgehead atoms. The van der Waals surface area contributed by atoms with E-state index in [0.29, 0.717) is 18.0 Å². The number of rotatable bonds is 6. The van der Waals surface area contributed by atoms with E-state index in [1.807, 2.05) is 18.3 Å². The van der Waals surface area contributed by atoms with E-state index in [9.17, 15) is 9.59 Å². The summed E-state index contributed by atoms with van der Waals surface area (Å²) in [5.74, 6) is 0.906. The van der Waals surface area contributed by atoms with Gasteiger partial charge in [0.05, 0.1) is 18.4 Å². The molecule has 0 radical (unpaired) electrons. The number of pyridine rings is 1. The largest absolute Gasteiger partial charge is 0.468 e. The second-order valence-electron chi connectivity index (χ2n) is 4.17. The first-order valence-corrected chi connectivity index (χ1v) is 8.12. The van der Waals surface area contributed by atoms with Crippen LogP contribution in [0.15, 0.2) is 28.9 Å². The van der Waals surface area contributed by atoms with Crippen LogP contribution in [0.2, 0.25) is 0 Å². The lowest BCUT2D eigenvalue weighted by molar-refractivity contribution is -0.137. The number of halogens is 1. The van der Waals surface area contributed by atoms with E-state index < -0.39 is 0 Å². The molecule has 0 saturated heterocycles. The summed E-state index contributed by atoms with van der Waals surface area (Å²) < 4.78 is 7.12. The minimum Gasteiger partial charge on any atom is -0.468 e. The highest BCUT2D eigenvalue weighted by molar-refractivity contribution is 9.10. The van der Waals surface area contributed by atoms with Gasteiger partial charge in [-0.25, -0.2) is 4.52 Å². The van der Waals surface area contributed by atoms with E-state index in [2.05, 4.69) is 31.1 Å². The zero-order valence-electron chi connectivity index (χ0n) is 11.3. The molecule has 6 nitrogen and oxygen atoms in total. The number of amides is 1. The van der Waals surface area contributed by atoms with Crippen molar-refractivity contribution in [3.8, 4) is 0 Å². The number of thioether (sulfide) groups is 1. The topological polar surface area (TPSA) is 72.7 Å². The number of methoxy groups -OCH3 is 1. The fraction of sp³-hybridized carbons (Fsp3) is 0.308. The Kier molecular flexibility index (Phi) is 5.63. The maximum Gasteiger partial charge on any atom is 0.315 e. The van der Waals surface area contributed by atoms with Crippen LogP contribution in [0.3, 0.4) is 0 Å². The Morgan fingerprint density at radius 1 is 1.48 bits per heavy atom. The predicted molar refractivity (Wildman–Crippen MR) is 85.5 cm³/mol. The Balaban J connectivity index is 1.82. The lowest BCUT2D eigenvalue weighted by Gasteiger charge is -2.01. The van der Waals surface area contributed by atoms with Crippen LogP contribution in [0.5, 0.6) is 0 Å². The molecule has 0 aliphatic rings. The average Bonchev–Trinajstić information content (AvgIpc) is 2.84. The Morgan fingerprint density at radius 2 is 2.29 bits per heavy atom. The summed E-state index contributed by atoms with van der Waals surface area (Å²) in [4.78, 5) is 22.7. The Morgan fingerprint density at radius 3 is 3.05 bits per heavy atom. The summed E-state index contributed by atoms with van der Waals surface area (Å²) in [5.41, 5.74) is 0.897. The van der Waals surface area contributed by atoms with Crippen molar-refractivity contribution in [2.24, 2.45) is 0 Å². The molecule has 2 aromatic heterocycles. The van der Waals surface area contributed by atoms with Gasteiger partial charge in [0, 0.05) is 28.9 Å². The van der Waals surface area contributed by atoms with E-state index in [1.165, 1.54) is 18.9 Å². The Labute approximate surface area is 134 Å². The summed E-state index contributed by atoms with van der Waals surface area (Å²) in [5, 5.41) is 6.99. The molecule has 8 heteroatoms. The molecular formula is C13H14BrN3O3S. The van der Waals surface area contributed by atoms with Crippen LogP contribution >= 0.6 is 27.7 Å². The zero-order chi connectivity index (χ0) is 15.2. The molecule has 0 atom stereocenters. The fourth-order valence-electron chi connectivity index (χ4n) is 1.61. The molecule has 2 aromatic rings. The van der Waals surface area contributed by atoms with Crippen LogP contribution < -0.4 is 5.32 Å². The van der Waals surface area contributed by atoms with Crippen LogP contribution in [0.4, 0.5) is 5.82 Å². The first kappa shape index (κ1) is 15.8. The van der Waals surface area contributed by atoms with Crippen molar-refractivity contribution in [1.29, 1.82) is 0 Å². The van der Waals surface area contributed by atoms with E-state index in [4.69, 9.17) is 0 Å². The number of carbonyl (C=O) groups excluding carboxylic acids is 2. The van der Waals surface area contributed by atoms with Crippen LogP contribution in [0, 0.1) is 0 Å². The third-order valence-corrected chi connectivity index (χ3v) is 4.01. The predicted octanol–water partition coefficient (Wildman–Crippen LogP) is 2.33. The van der Waals surface area contributed by atoms with Crippen molar-refractivity contribution < 1.29 is 14.3 Å². The lowest BCUT2D eigenvalue weighted by atomic mass is 10.4. The maximum absolute atomic E-state index is 11.8. The number of fused-ring (bicyclic) bond motifs is 1. The number of nitrogens with zero attached hydrogens (tertiary/aromatic N) is 2. The van der Waals surface area contributed by atoms with Gasteiger partial charge in [-0.3, -0.25) is 9.59 Å². The van der Waals surface area contributed by atoms with Gasteiger partial charge in [-0.1, -0.05) is 0 Å². The van der Waals surface area contributed by atoms with E-state index in [0.717, 1.165) is 9.99 Å². The molecule has 2 heterocycles. The number of carbonyl (C=O) groups is 2. The fourth-order valence-corrected chi connectivity index (χ4v) is 2.69. The summed E-state index contributed by atoms with van der Waals surface area (Å²) in [7, 11) is 1.34. The second kappa shape index (κ2) is 7.46. The molecule has 21 heavy (non-hydrogen) atoms. The van der Waals surface area contributed by atoms with Gasteiger partial charge < -0.3 is 10.1 Å².